The Morgan fingerprint density at radius 1 is 0.778 bits per heavy atom. The number of benzene rings is 4. The van der Waals surface area contributed by atoms with Gasteiger partial charge in [0.1, 0.15) is 23.3 Å². The molecule has 3 heterocycles. The van der Waals surface area contributed by atoms with Crippen LogP contribution in [-0.2, 0) is 21.5 Å². The number of unbranched alkanes of at least 4 members (excludes halogenated alkanes) is 1. The molecule has 8 nitrogen and oxygen atoms in total. The van der Waals surface area contributed by atoms with Gasteiger partial charge in [0, 0.05) is 13.5 Å². The van der Waals surface area contributed by atoms with E-state index >= 15 is 0 Å². The van der Waals surface area contributed by atoms with Gasteiger partial charge in [0.15, 0.2) is 0 Å². The molecular weight excluding hydrogens is 562 g/mol. The van der Waals surface area contributed by atoms with Gasteiger partial charge in [-0.15, -0.1) is 0 Å². The lowest BCUT2D eigenvalue weighted by Crippen LogP contribution is -2.52. The first kappa shape index (κ1) is 28.4. The number of carbonyl (C=O) groups is 2. The molecule has 2 aliphatic rings. The summed E-state index contributed by atoms with van der Waals surface area (Å²) in [5.74, 6) is -0.845. The molecule has 2 amide bonds. The zero-order valence-electron chi connectivity index (χ0n) is 25.2. The van der Waals surface area contributed by atoms with E-state index in [0.29, 0.717) is 34.4 Å². The zero-order valence-corrected chi connectivity index (χ0v) is 25.2. The largest absolute Gasteiger partial charge is 0.343 e. The van der Waals surface area contributed by atoms with E-state index in [2.05, 4.69) is 16.9 Å². The Labute approximate surface area is 261 Å². The van der Waals surface area contributed by atoms with Crippen molar-refractivity contribution in [3.8, 4) is 0 Å². The summed E-state index contributed by atoms with van der Waals surface area (Å²) in [4.78, 5) is 49.9. The Bertz CT molecular complexity index is 1890. The molecule has 0 radical (unpaired) electrons. The molecule has 1 N–H and O–H groups in total. The summed E-state index contributed by atoms with van der Waals surface area (Å²) in [6, 6.07) is 34.4. The number of fused-ring (bicyclic) bond motifs is 2. The van der Waals surface area contributed by atoms with Crippen molar-refractivity contribution >= 4 is 28.4 Å². The Morgan fingerprint density at radius 3 is 1.91 bits per heavy atom. The van der Waals surface area contributed by atoms with Crippen molar-refractivity contribution in [1.29, 1.82) is 0 Å². The van der Waals surface area contributed by atoms with Crippen LogP contribution in [0, 0.1) is 5.92 Å². The molecule has 45 heavy (non-hydrogen) atoms. The minimum Gasteiger partial charge on any atom is -0.343 e. The number of likely N-dealkylation sites (N-methyl/N-ethyl adjacent to an activating group) is 1. The summed E-state index contributed by atoms with van der Waals surface area (Å²) in [5.41, 5.74) is 3.05. The standard InChI is InChI=1S/C37H33N5O3/c1-3-4-20-30-38-29-22-21-24(23-28(29)34(43)39-30)32-31-33(36(45)41(2)35(31)44)42(40-32)37(25-14-8-5-9-15-25,26-16-10-6-11-17-26)27-18-12-7-13-19-27/h5-19,21-23,31,33H,3-4,20H2,1-2H3,(H,38,39,43)/t31-,33+/m1/s1. The number of hydrazone groups is 1. The van der Waals surface area contributed by atoms with Gasteiger partial charge in [0.25, 0.3) is 11.5 Å². The normalized spacial score (nSPS) is 18.0. The fourth-order valence-electron chi connectivity index (χ4n) is 6.82. The number of rotatable bonds is 8. The molecule has 1 aromatic heterocycles. The maximum atomic E-state index is 14.0. The first-order chi connectivity index (χ1) is 21.9. The van der Waals surface area contributed by atoms with Crippen molar-refractivity contribution in [1.82, 2.24) is 19.9 Å². The van der Waals surface area contributed by atoms with E-state index in [9.17, 15) is 14.4 Å². The number of hydrogen-bond acceptors (Lipinski definition) is 6. The quantitative estimate of drug-likeness (QED) is 0.195. The molecule has 224 valence electrons. The van der Waals surface area contributed by atoms with Crippen molar-refractivity contribution in [2.45, 2.75) is 37.8 Å². The van der Waals surface area contributed by atoms with Crippen LogP contribution in [0.3, 0.4) is 0 Å². The van der Waals surface area contributed by atoms with Gasteiger partial charge in [0.2, 0.25) is 5.91 Å². The van der Waals surface area contributed by atoms with Gasteiger partial charge in [0.05, 0.1) is 16.6 Å². The molecule has 0 bridgehead atoms. The van der Waals surface area contributed by atoms with E-state index in [0.717, 1.165) is 29.5 Å². The van der Waals surface area contributed by atoms with E-state index < -0.39 is 17.5 Å². The zero-order chi connectivity index (χ0) is 31.1. The number of amides is 2. The molecule has 0 aliphatic carbocycles. The van der Waals surface area contributed by atoms with Gasteiger partial charge < -0.3 is 4.98 Å². The smallest absolute Gasteiger partial charge is 0.280 e. The Morgan fingerprint density at radius 2 is 1.36 bits per heavy atom. The number of aromatic amines is 1. The maximum absolute atomic E-state index is 14.0. The average molecular weight is 596 g/mol. The molecule has 0 saturated carbocycles. The van der Waals surface area contributed by atoms with Crippen molar-refractivity contribution in [3.63, 3.8) is 0 Å². The summed E-state index contributed by atoms with van der Waals surface area (Å²) >= 11 is 0. The Hall–Kier alpha value is -5.37. The summed E-state index contributed by atoms with van der Waals surface area (Å²) in [7, 11) is 1.53. The van der Waals surface area contributed by atoms with Crippen LogP contribution in [-0.4, -0.2) is 50.5 Å². The second-order valence-electron chi connectivity index (χ2n) is 11.6. The van der Waals surface area contributed by atoms with E-state index in [-0.39, 0.29) is 17.4 Å². The minimum atomic E-state index is -1.06. The lowest BCUT2D eigenvalue weighted by molar-refractivity contribution is -0.138. The molecule has 1 fully saturated rings. The monoisotopic (exact) mass is 595 g/mol. The summed E-state index contributed by atoms with van der Waals surface area (Å²) in [6.07, 6.45) is 2.62. The predicted molar refractivity (Wildman–Crippen MR) is 174 cm³/mol. The van der Waals surface area contributed by atoms with Crippen molar-refractivity contribution in [2.75, 3.05) is 7.05 Å². The van der Waals surface area contributed by atoms with Crippen molar-refractivity contribution in [2.24, 2.45) is 11.0 Å². The van der Waals surface area contributed by atoms with Gasteiger partial charge in [-0.25, -0.2) is 0 Å². The number of likely N-dealkylation sites (tertiary alicyclic amines) is 1. The van der Waals surface area contributed by atoms with Crippen LogP contribution in [0.4, 0.5) is 0 Å². The van der Waals surface area contributed by atoms with E-state index in [1.807, 2.05) is 108 Å². The summed E-state index contributed by atoms with van der Waals surface area (Å²) in [5, 5.41) is 7.47. The Balaban J connectivity index is 1.49. The third-order valence-electron chi connectivity index (χ3n) is 9.02. The predicted octanol–water partition coefficient (Wildman–Crippen LogP) is 5.26. The van der Waals surface area contributed by atoms with Gasteiger partial charge in [-0.2, -0.15) is 10.1 Å². The molecule has 1 saturated heterocycles. The highest BCUT2D eigenvalue weighted by Gasteiger charge is 2.61. The second-order valence-corrected chi connectivity index (χ2v) is 11.6. The van der Waals surface area contributed by atoms with Crippen LogP contribution in [0.5, 0.6) is 0 Å². The molecule has 8 heteroatoms. The highest BCUT2D eigenvalue weighted by molar-refractivity contribution is 6.24. The third kappa shape index (κ3) is 4.47. The summed E-state index contributed by atoms with van der Waals surface area (Å²) < 4.78 is 0. The van der Waals surface area contributed by atoms with E-state index in [4.69, 9.17) is 5.10 Å². The van der Waals surface area contributed by atoms with Crippen LogP contribution in [0.25, 0.3) is 10.9 Å². The van der Waals surface area contributed by atoms with Gasteiger partial charge in [-0.05, 0) is 40.8 Å². The number of aromatic nitrogens is 2. The van der Waals surface area contributed by atoms with E-state index in [1.165, 1.54) is 11.9 Å². The Kier molecular flexibility index (Phi) is 7.12. The number of H-pyrrole nitrogens is 1. The van der Waals surface area contributed by atoms with Gasteiger partial charge >= 0.3 is 0 Å². The first-order valence-corrected chi connectivity index (χ1v) is 15.3. The molecule has 0 unspecified atom stereocenters. The minimum absolute atomic E-state index is 0.322. The van der Waals surface area contributed by atoms with Crippen LogP contribution in [0.1, 0.15) is 47.8 Å². The number of nitrogens with zero attached hydrogens (tertiary/aromatic N) is 4. The molecule has 2 aliphatic heterocycles. The number of carbonyl (C=O) groups excluding carboxylic acids is 2. The SMILES string of the molecule is CCCCc1nc(=O)c2cc(C3=NN(C(c4ccccc4)(c4ccccc4)c4ccccc4)[C@@H]4C(=O)N(C)C(=O)[C@H]34)ccc2[nH]1. The molecule has 5 aromatic rings. The lowest BCUT2D eigenvalue weighted by Gasteiger charge is -2.44. The van der Waals surface area contributed by atoms with Crippen LogP contribution in [0.2, 0.25) is 0 Å². The molecule has 7 rings (SSSR count). The molecule has 0 spiro atoms. The third-order valence-corrected chi connectivity index (χ3v) is 9.02. The van der Waals surface area contributed by atoms with Crippen molar-refractivity contribution in [3.05, 3.63) is 148 Å². The van der Waals surface area contributed by atoms with Crippen LogP contribution < -0.4 is 5.56 Å². The summed E-state index contributed by atoms with van der Waals surface area (Å²) in [6.45, 7) is 2.10. The molecule has 2 atom stereocenters. The fourth-order valence-corrected chi connectivity index (χ4v) is 6.82. The van der Waals surface area contributed by atoms with Gasteiger partial charge in [-0.1, -0.05) is 110 Å². The second kappa shape index (κ2) is 11.3. The number of nitrogens with one attached hydrogen (secondary N) is 1. The van der Waals surface area contributed by atoms with E-state index in [1.54, 1.807) is 6.07 Å². The molecule has 4 aromatic carbocycles. The number of hydrogen-bond donors (Lipinski definition) is 1. The average Bonchev–Trinajstić information content (AvgIpc) is 3.58. The lowest BCUT2D eigenvalue weighted by atomic mass is 9.75. The fraction of sp³-hybridized carbons (Fsp3) is 0.216. The van der Waals surface area contributed by atoms with Crippen molar-refractivity contribution < 1.29 is 9.59 Å². The first-order valence-electron chi connectivity index (χ1n) is 15.3. The van der Waals surface area contributed by atoms with Gasteiger partial charge in [-0.3, -0.25) is 24.3 Å². The van der Waals surface area contributed by atoms with Crippen LogP contribution in [0.15, 0.2) is 119 Å². The number of imide groups is 1. The number of aryl methyl sites for hydroxylation is 1. The highest BCUT2D eigenvalue weighted by atomic mass is 16.2. The topological polar surface area (TPSA) is 98.7 Å². The highest BCUT2D eigenvalue weighted by Crippen LogP contribution is 2.49. The molecular formula is C37H33N5O3. The maximum Gasteiger partial charge on any atom is 0.280 e. The van der Waals surface area contributed by atoms with Crippen LogP contribution >= 0.6 is 0 Å².